The van der Waals surface area contributed by atoms with Crippen LogP contribution in [0.3, 0.4) is 0 Å². The van der Waals surface area contributed by atoms with Crippen molar-refractivity contribution in [3.63, 3.8) is 0 Å². The van der Waals surface area contributed by atoms with Crippen molar-refractivity contribution in [3.05, 3.63) is 29.8 Å². The number of carbonyl (C=O) groups is 16. The van der Waals surface area contributed by atoms with Gasteiger partial charge in [0.25, 0.3) is 0 Å². The van der Waals surface area contributed by atoms with Crippen molar-refractivity contribution >= 4 is 118 Å². The molecule has 45 nitrogen and oxygen atoms in total. The van der Waals surface area contributed by atoms with Gasteiger partial charge in [-0.25, -0.2) is 0 Å². The molecule has 9 atom stereocenters. The summed E-state index contributed by atoms with van der Waals surface area (Å²) < 4.78 is 0. The highest BCUT2D eigenvalue weighted by atomic mass is 16.3. The van der Waals surface area contributed by atoms with Crippen LogP contribution < -0.4 is 131 Å². The standard InChI is InChI=1S/C47H76N28O17/c1-17(76)67-21(6-18-2-4-19(77)5-3-18)36(85)62-15-33(82)61-16-34(83)68-25(11-63-44(53)54)40(89)70-22(8-30(49)79)37(86)74-27(13-65-46(57)58)42(91)72-24(10-32(51)81)39(88)75-28(14-66-47(59)60)43(92)71-23(9-31(50)80)38(87)73-26(12-64-45(55)56)41(90)69-20(35(52)84)7-29(48)78/h2-5,20-28,77H,6-16H2,1H3,(H2,48,78)(H2,49,79)(H2,50,80)(H2,51,81)(H2,52,84)(H,61,82)(H,62,85)(H,67,76)(H,68,83)(H,69,90)(H,70,89)(H,71,92)(H,72,91)(H,73,87)(H,74,86)(H,75,88)(H4,53,54,63)(H4,55,56,64)(H4,57,58,65)(H4,59,60,66)/t20-,21-,22-,23-,24-,25-,26-,27-,28-/m0/s1. The van der Waals surface area contributed by atoms with E-state index in [4.69, 9.17) is 73.2 Å². The van der Waals surface area contributed by atoms with E-state index >= 15 is 0 Å². The first-order valence-corrected chi connectivity index (χ1v) is 26.6. The Kier molecular flexibility index (Phi) is 32.7. The molecule has 0 aliphatic carbocycles. The predicted octanol–water partition coefficient (Wildman–Crippen LogP) is -16.5. The number of benzene rings is 1. The number of hydrogen-bond acceptors (Lipinski definition) is 21. The molecule has 38 N–H and O–H groups in total. The van der Waals surface area contributed by atoms with Crippen molar-refractivity contribution in [2.24, 2.45) is 51.6 Å². The molecule has 0 saturated carbocycles. The normalized spacial score (nSPS) is 13.4. The minimum atomic E-state index is -2.14. The van der Waals surface area contributed by atoms with E-state index in [2.05, 4.69) is 79.8 Å². The van der Waals surface area contributed by atoms with Crippen LogP contribution in [0.15, 0.2) is 24.3 Å². The highest BCUT2D eigenvalue weighted by Gasteiger charge is 2.37. The van der Waals surface area contributed by atoms with E-state index in [9.17, 15) is 81.8 Å². The number of phenols is 1. The summed E-state index contributed by atoms with van der Waals surface area (Å²) in [4.78, 5) is 207. The molecule has 45 heteroatoms. The maximum absolute atomic E-state index is 14.0. The van der Waals surface area contributed by atoms with Gasteiger partial charge in [-0.1, -0.05) is 12.1 Å². The van der Waals surface area contributed by atoms with Crippen molar-refractivity contribution in [1.82, 2.24) is 79.8 Å². The first-order chi connectivity index (χ1) is 42.9. The predicted molar refractivity (Wildman–Crippen MR) is 315 cm³/mol. The lowest BCUT2D eigenvalue weighted by Gasteiger charge is -2.28. The molecule has 0 radical (unpaired) electrons. The van der Waals surface area contributed by atoms with Gasteiger partial charge in [0.2, 0.25) is 94.5 Å². The summed E-state index contributed by atoms with van der Waals surface area (Å²) in [5, 5.41) is 72.4. The van der Waals surface area contributed by atoms with Gasteiger partial charge in [-0.15, -0.1) is 0 Å². The van der Waals surface area contributed by atoms with Gasteiger partial charge in [0.05, 0.1) is 38.8 Å². The minimum absolute atomic E-state index is 0.0503. The van der Waals surface area contributed by atoms with Crippen LogP contribution in [-0.4, -0.2) is 217 Å². The summed E-state index contributed by atoms with van der Waals surface area (Å²) in [5.74, 6) is -22.6. The molecule has 0 aliphatic rings. The molecule has 1 rings (SSSR count). The Bertz CT molecular complexity index is 2980. The van der Waals surface area contributed by atoms with Gasteiger partial charge >= 0.3 is 0 Å². The zero-order valence-electron chi connectivity index (χ0n) is 49.0. The minimum Gasteiger partial charge on any atom is -0.508 e. The number of amides is 16. The molecule has 0 spiro atoms. The Labute approximate surface area is 520 Å². The second-order valence-corrected chi connectivity index (χ2v) is 19.4. The second-order valence-electron chi connectivity index (χ2n) is 19.4. The molecule has 0 fully saturated rings. The van der Waals surface area contributed by atoms with Crippen molar-refractivity contribution in [2.45, 2.75) is 93.4 Å². The van der Waals surface area contributed by atoms with E-state index in [-0.39, 0.29) is 12.2 Å². The van der Waals surface area contributed by atoms with Crippen LogP contribution in [0, 0.1) is 21.6 Å². The molecular formula is C47H76N28O17. The molecule has 0 bridgehead atoms. The molecular weight excluding hydrogens is 1230 g/mol. The molecule has 0 aliphatic heterocycles. The second kappa shape index (κ2) is 38.7. The third-order valence-corrected chi connectivity index (χ3v) is 11.7. The van der Waals surface area contributed by atoms with E-state index < -0.39 is 238 Å². The first-order valence-electron chi connectivity index (χ1n) is 26.6. The van der Waals surface area contributed by atoms with Gasteiger partial charge in [0, 0.05) is 39.5 Å². The van der Waals surface area contributed by atoms with E-state index in [1.807, 2.05) is 0 Å². The third kappa shape index (κ3) is 31.8. The molecule has 0 heterocycles. The van der Waals surface area contributed by atoms with Gasteiger partial charge in [-0.2, -0.15) is 0 Å². The van der Waals surface area contributed by atoms with Crippen LogP contribution in [0.25, 0.3) is 0 Å². The zero-order valence-corrected chi connectivity index (χ0v) is 49.0. The number of rotatable bonds is 40. The fourth-order valence-corrected chi connectivity index (χ4v) is 7.35. The van der Waals surface area contributed by atoms with Gasteiger partial charge in [-0.3, -0.25) is 98.3 Å². The van der Waals surface area contributed by atoms with Crippen LogP contribution in [0.2, 0.25) is 0 Å². The highest BCUT2D eigenvalue weighted by Crippen LogP contribution is 2.12. The Morgan fingerprint density at radius 1 is 0.348 bits per heavy atom. The number of guanidine groups is 4. The van der Waals surface area contributed by atoms with Crippen LogP contribution in [0.5, 0.6) is 5.75 Å². The Hall–Kier alpha value is -12.4. The number of carbonyl (C=O) groups excluding carboxylic acids is 16. The van der Waals surface area contributed by atoms with Gasteiger partial charge in [-0.05, 0) is 17.7 Å². The molecule has 16 amide bonds. The summed E-state index contributed by atoms with van der Waals surface area (Å²) in [6, 6.07) is -11.2. The largest absolute Gasteiger partial charge is 0.508 e. The number of nitrogens with two attached hydrogens (primary N) is 9. The van der Waals surface area contributed by atoms with E-state index in [0.29, 0.717) is 5.56 Å². The number of nitrogens with one attached hydrogen (secondary N) is 19. The summed E-state index contributed by atoms with van der Waals surface area (Å²) in [5.41, 5.74) is 48.5. The fraction of sp³-hybridized carbons (Fsp3) is 0.447. The average Bonchev–Trinajstić information content (AvgIpc) is 1.05. The van der Waals surface area contributed by atoms with Crippen molar-refractivity contribution in [2.75, 3.05) is 39.3 Å². The summed E-state index contributed by atoms with van der Waals surface area (Å²) in [6.07, 6.45) is -4.08. The smallest absolute Gasteiger partial charge is 0.245 e. The van der Waals surface area contributed by atoms with Crippen LogP contribution in [-0.2, 0) is 83.1 Å². The number of phenolic OH excluding ortho intramolecular Hbond substituents is 1. The number of hydrogen-bond donors (Lipinski definition) is 29. The third-order valence-electron chi connectivity index (χ3n) is 11.7. The van der Waals surface area contributed by atoms with E-state index in [1.54, 1.807) is 0 Å². The summed E-state index contributed by atoms with van der Waals surface area (Å²) >= 11 is 0. The monoisotopic (exact) mass is 1300 g/mol. The Morgan fingerprint density at radius 2 is 0.630 bits per heavy atom. The molecule has 1 aromatic rings. The van der Waals surface area contributed by atoms with Crippen molar-refractivity contribution < 1.29 is 81.8 Å². The average molecular weight is 1310 g/mol. The van der Waals surface area contributed by atoms with Crippen LogP contribution in [0.1, 0.15) is 38.2 Å². The van der Waals surface area contributed by atoms with Gasteiger partial charge < -0.3 is 136 Å². The quantitative estimate of drug-likeness (QED) is 0.0214. The molecule has 1 aromatic carbocycles. The summed E-state index contributed by atoms with van der Waals surface area (Å²) in [7, 11) is 0. The molecule has 0 saturated heterocycles. The van der Waals surface area contributed by atoms with Crippen molar-refractivity contribution in [3.8, 4) is 5.75 Å². The highest BCUT2D eigenvalue weighted by molar-refractivity contribution is 6.02. The lowest BCUT2D eigenvalue weighted by atomic mass is 10.0. The molecule has 0 aromatic heterocycles. The maximum atomic E-state index is 14.0. The van der Waals surface area contributed by atoms with E-state index in [0.717, 1.165) is 6.92 Å². The molecule has 92 heavy (non-hydrogen) atoms. The van der Waals surface area contributed by atoms with Gasteiger partial charge in [0.1, 0.15) is 60.1 Å². The van der Waals surface area contributed by atoms with Crippen LogP contribution >= 0.6 is 0 Å². The lowest BCUT2D eigenvalue weighted by Crippen LogP contribution is -2.64. The number of primary amides is 5. The summed E-state index contributed by atoms with van der Waals surface area (Å²) in [6.45, 7) is -3.60. The topological polar surface area (TPSA) is 803 Å². The SMILES string of the molecule is CC(=O)N[C@@H](Cc1ccc(O)cc1)C(=O)NCC(=O)NCC(=O)N[C@@H](CNC(=N)N)C(=O)N[C@@H](CC(N)=O)C(=O)N[C@@H](CNC(=N)N)C(=O)N[C@@H](CC(N)=O)C(=O)N[C@@H](CNC(=N)N)C(=O)N[C@@H](CC(N)=O)C(=O)N[C@@H](CNC(=N)N)C(=O)N[C@@H](CC(N)=O)C(N)=O. The van der Waals surface area contributed by atoms with Gasteiger partial charge in [0.15, 0.2) is 23.8 Å². The Morgan fingerprint density at radius 3 is 0.935 bits per heavy atom. The fourth-order valence-electron chi connectivity index (χ4n) is 7.35. The molecule has 0 unspecified atom stereocenters. The Balaban J connectivity index is 3.47. The van der Waals surface area contributed by atoms with Crippen molar-refractivity contribution in [1.29, 1.82) is 21.6 Å². The van der Waals surface area contributed by atoms with Crippen LogP contribution in [0.4, 0.5) is 0 Å². The van der Waals surface area contributed by atoms with E-state index in [1.165, 1.54) is 24.3 Å². The molecule has 506 valence electrons. The first kappa shape index (κ1) is 77.6. The number of aromatic hydroxyl groups is 1. The maximum Gasteiger partial charge on any atom is 0.245 e. The lowest BCUT2D eigenvalue weighted by molar-refractivity contribution is -0.137. The zero-order chi connectivity index (χ0) is 70.1.